The van der Waals surface area contributed by atoms with Crippen LogP contribution >= 0.6 is 0 Å². The van der Waals surface area contributed by atoms with Crippen LogP contribution in [0.1, 0.15) is 28.7 Å². The Morgan fingerprint density at radius 2 is 1.77 bits per heavy atom. The number of para-hydroxylation sites is 1. The van der Waals surface area contributed by atoms with Crippen LogP contribution in [0.4, 0.5) is 26.3 Å². The fourth-order valence-electron chi connectivity index (χ4n) is 3.89. The molecule has 0 saturated carbocycles. The van der Waals surface area contributed by atoms with Crippen LogP contribution in [0.25, 0.3) is 0 Å². The molecule has 2 aliphatic heterocycles. The number of hydrogen-bond donors (Lipinski definition) is 1. The number of hydrogen-bond acceptors (Lipinski definition) is 3. The smallest absolute Gasteiger partial charge is 0.416 e. The molecule has 2 aliphatic rings. The molecule has 0 unspecified atom stereocenters. The van der Waals surface area contributed by atoms with Crippen molar-refractivity contribution in [2.45, 2.75) is 24.2 Å². The average molecular weight is 428 g/mol. The van der Waals surface area contributed by atoms with E-state index in [0.29, 0.717) is 11.3 Å². The molecular weight excluding hydrogens is 414 g/mol. The summed E-state index contributed by atoms with van der Waals surface area (Å²) < 4.78 is 83.8. The van der Waals surface area contributed by atoms with Gasteiger partial charge in [-0.05, 0) is 23.8 Å². The number of rotatable bonds is 1. The number of halogens is 6. The van der Waals surface area contributed by atoms with Gasteiger partial charge in [0.2, 0.25) is 5.91 Å². The molecule has 0 saturated heterocycles. The molecule has 0 aromatic heterocycles. The summed E-state index contributed by atoms with van der Waals surface area (Å²) in [7, 11) is 0. The van der Waals surface area contributed by atoms with Crippen LogP contribution in [0, 0.1) is 0 Å². The van der Waals surface area contributed by atoms with E-state index in [2.05, 4.69) is 10.3 Å². The number of carbonyl (C=O) groups excluding carboxylic acids is 1. The molecule has 4 nitrogen and oxygen atoms in total. The van der Waals surface area contributed by atoms with Gasteiger partial charge in [-0.3, -0.25) is 9.79 Å². The Labute approximate surface area is 166 Å². The van der Waals surface area contributed by atoms with Crippen molar-refractivity contribution in [2.75, 3.05) is 13.2 Å². The Bertz CT molecular complexity index is 1040. The highest BCUT2D eigenvalue weighted by Crippen LogP contribution is 2.48. The van der Waals surface area contributed by atoms with Crippen molar-refractivity contribution >= 4 is 11.7 Å². The highest BCUT2D eigenvalue weighted by Gasteiger charge is 2.51. The molecule has 1 atom stereocenters. The molecule has 0 aliphatic carbocycles. The van der Waals surface area contributed by atoms with Crippen molar-refractivity contribution < 1.29 is 35.9 Å². The molecule has 0 fully saturated rings. The molecule has 158 valence electrons. The first kappa shape index (κ1) is 20.2. The minimum Gasteiger partial charge on any atom is -0.493 e. The summed E-state index contributed by atoms with van der Waals surface area (Å²) in [4.78, 5) is 16.6. The number of alkyl halides is 6. The summed E-state index contributed by atoms with van der Waals surface area (Å²) in [6, 6.07) is 9.05. The monoisotopic (exact) mass is 428 g/mol. The summed E-state index contributed by atoms with van der Waals surface area (Å²) in [5.74, 6) is -0.820. The van der Waals surface area contributed by atoms with Crippen LogP contribution in [0.15, 0.2) is 47.5 Å². The normalized spacial score (nSPS) is 22.3. The minimum atomic E-state index is -4.70. The molecule has 2 aromatic carbocycles. The van der Waals surface area contributed by atoms with Gasteiger partial charge in [0.05, 0.1) is 12.2 Å². The van der Waals surface area contributed by atoms with E-state index in [9.17, 15) is 31.1 Å². The number of fused-ring (bicyclic) bond motifs is 4. The van der Waals surface area contributed by atoms with Gasteiger partial charge in [0, 0.05) is 17.5 Å². The van der Waals surface area contributed by atoms with E-state index in [-0.39, 0.29) is 24.2 Å². The van der Waals surface area contributed by atoms with Crippen molar-refractivity contribution in [3.8, 4) is 5.75 Å². The maximum Gasteiger partial charge on any atom is 0.416 e. The number of amidine groups is 1. The lowest BCUT2D eigenvalue weighted by Gasteiger charge is -2.42. The summed E-state index contributed by atoms with van der Waals surface area (Å²) in [5, 5.41) is 2.38. The standard InChI is InChI=1S/C20H14F6N2O2/c21-19(22,23)10-27-16-12-6-5-11(20(24,25)26)9-14(12)18(17(29)28-16)7-8-30-15-4-2-1-3-13(15)18/h1-6,9H,7-8,10H2,(H,27,28,29)/t18-/m0/s1. The molecule has 30 heavy (non-hydrogen) atoms. The predicted molar refractivity (Wildman–Crippen MR) is 94.4 cm³/mol. The van der Waals surface area contributed by atoms with E-state index in [1.807, 2.05) is 0 Å². The SMILES string of the molecule is O=C1NC(=NCC(F)(F)F)c2ccc(C(F)(F)F)cc2[C@@]12CCOc1ccccc12. The van der Waals surface area contributed by atoms with Crippen molar-refractivity contribution in [3.63, 3.8) is 0 Å². The van der Waals surface area contributed by atoms with Crippen molar-refractivity contribution in [2.24, 2.45) is 4.99 Å². The fraction of sp³-hybridized carbons (Fsp3) is 0.300. The molecule has 1 spiro atoms. The summed E-state index contributed by atoms with van der Waals surface area (Å²) in [6.45, 7) is -1.52. The number of ether oxygens (including phenoxy) is 1. The van der Waals surface area contributed by atoms with E-state index in [0.717, 1.165) is 18.2 Å². The lowest BCUT2D eigenvalue weighted by molar-refractivity contribution is -0.138. The number of carbonyl (C=O) groups is 1. The second-order valence-corrected chi connectivity index (χ2v) is 6.99. The van der Waals surface area contributed by atoms with E-state index in [4.69, 9.17) is 4.74 Å². The predicted octanol–water partition coefficient (Wildman–Crippen LogP) is 4.21. The number of amides is 1. The first-order valence-electron chi connectivity index (χ1n) is 8.89. The Hall–Kier alpha value is -3.04. The van der Waals surface area contributed by atoms with Crippen LogP contribution in [0.5, 0.6) is 5.75 Å². The first-order valence-corrected chi connectivity index (χ1v) is 8.89. The molecule has 10 heteroatoms. The Morgan fingerprint density at radius 3 is 2.47 bits per heavy atom. The second kappa shape index (κ2) is 6.75. The Balaban J connectivity index is 1.98. The molecule has 0 bridgehead atoms. The fourth-order valence-corrected chi connectivity index (χ4v) is 3.89. The van der Waals surface area contributed by atoms with Gasteiger partial charge < -0.3 is 10.1 Å². The van der Waals surface area contributed by atoms with Gasteiger partial charge in [-0.1, -0.05) is 24.3 Å². The van der Waals surface area contributed by atoms with E-state index < -0.39 is 41.6 Å². The van der Waals surface area contributed by atoms with Crippen molar-refractivity contribution in [1.29, 1.82) is 0 Å². The molecule has 0 radical (unpaired) electrons. The molecule has 1 N–H and O–H groups in total. The Morgan fingerprint density at radius 1 is 1.03 bits per heavy atom. The van der Waals surface area contributed by atoms with Gasteiger partial charge in [-0.25, -0.2) is 0 Å². The number of benzene rings is 2. The molecule has 2 aromatic rings. The van der Waals surface area contributed by atoms with Crippen molar-refractivity contribution in [1.82, 2.24) is 5.32 Å². The molecule has 1 amide bonds. The molecule has 2 heterocycles. The van der Waals surface area contributed by atoms with Gasteiger partial charge in [0.25, 0.3) is 0 Å². The maximum absolute atomic E-state index is 13.4. The zero-order chi connectivity index (χ0) is 21.7. The molecular formula is C20H14F6N2O2. The summed E-state index contributed by atoms with van der Waals surface area (Å²) >= 11 is 0. The number of nitrogens with zero attached hydrogens (tertiary/aromatic N) is 1. The van der Waals surface area contributed by atoms with Gasteiger partial charge in [-0.15, -0.1) is 0 Å². The highest BCUT2D eigenvalue weighted by atomic mass is 19.4. The third-order valence-corrected chi connectivity index (χ3v) is 5.18. The van der Waals surface area contributed by atoms with Gasteiger partial charge in [0.1, 0.15) is 23.5 Å². The lowest BCUT2D eigenvalue weighted by atomic mass is 9.66. The van der Waals surface area contributed by atoms with E-state index in [1.54, 1.807) is 24.3 Å². The minimum absolute atomic E-state index is 0.0172. The largest absolute Gasteiger partial charge is 0.493 e. The third-order valence-electron chi connectivity index (χ3n) is 5.18. The first-order chi connectivity index (χ1) is 14.0. The van der Waals surface area contributed by atoms with Crippen LogP contribution in [0.2, 0.25) is 0 Å². The Kier molecular flexibility index (Phi) is 4.55. The zero-order valence-corrected chi connectivity index (χ0v) is 15.2. The van der Waals surface area contributed by atoms with E-state index in [1.165, 1.54) is 0 Å². The van der Waals surface area contributed by atoms with E-state index >= 15 is 0 Å². The summed E-state index contributed by atoms with van der Waals surface area (Å²) in [6.07, 6.45) is -9.31. The van der Waals surface area contributed by atoms with Gasteiger partial charge in [0.15, 0.2) is 0 Å². The maximum atomic E-state index is 13.4. The lowest BCUT2D eigenvalue weighted by Crippen LogP contribution is -2.55. The zero-order valence-electron chi connectivity index (χ0n) is 15.2. The number of nitrogens with one attached hydrogen (secondary N) is 1. The topological polar surface area (TPSA) is 50.7 Å². The van der Waals surface area contributed by atoms with Crippen LogP contribution in [0.3, 0.4) is 0 Å². The second-order valence-electron chi connectivity index (χ2n) is 6.99. The van der Waals surface area contributed by atoms with Gasteiger partial charge in [-0.2, -0.15) is 26.3 Å². The van der Waals surface area contributed by atoms with Crippen molar-refractivity contribution in [3.05, 3.63) is 64.7 Å². The highest BCUT2D eigenvalue weighted by molar-refractivity contribution is 6.17. The van der Waals surface area contributed by atoms with Gasteiger partial charge >= 0.3 is 12.4 Å². The third kappa shape index (κ3) is 3.29. The molecule has 4 rings (SSSR count). The van der Waals surface area contributed by atoms with Crippen LogP contribution in [-0.2, 0) is 16.4 Å². The van der Waals surface area contributed by atoms with Crippen LogP contribution in [-0.4, -0.2) is 31.1 Å². The number of aliphatic imine (C=N–C) groups is 1. The quantitative estimate of drug-likeness (QED) is 0.692. The average Bonchev–Trinajstić information content (AvgIpc) is 2.68. The summed E-state index contributed by atoms with van der Waals surface area (Å²) in [5.41, 5.74) is -2.22. The van der Waals surface area contributed by atoms with Crippen LogP contribution < -0.4 is 10.1 Å².